The Morgan fingerprint density at radius 1 is 1.14 bits per heavy atom. The van der Waals surface area contributed by atoms with E-state index in [1.807, 2.05) is 0 Å². The Balaban J connectivity index is 1.62. The second kappa shape index (κ2) is 9.22. The van der Waals surface area contributed by atoms with Gasteiger partial charge in [-0.2, -0.15) is 18.2 Å². The van der Waals surface area contributed by atoms with Gasteiger partial charge in [-0.1, -0.05) is 6.07 Å². The maximum absolute atomic E-state index is 15.3. The molecule has 2 aromatic carbocycles. The molecule has 0 radical (unpaired) electrons. The van der Waals surface area contributed by atoms with Crippen molar-refractivity contribution in [3.8, 4) is 11.6 Å². The Morgan fingerprint density at radius 2 is 1.89 bits per heavy atom. The van der Waals surface area contributed by atoms with Gasteiger partial charge in [-0.05, 0) is 43.3 Å². The van der Waals surface area contributed by atoms with Crippen molar-refractivity contribution in [3.05, 3.63) is 77.6 Å². The molecule has 1 N–H and O–H groups in total. The van der Waals surface area contributed by atoms with Gasteiger partial charge in [-0.15, -0.1) is 0 Å². The minimum absolute atomic E-state index is 0.0228. The van der Waals surface area contributed by atoms with Crippen LogP contribution < -0.4 is 10.1 Å². The minimum atomic E-state index is -4.58. The minimum Gasteiger partial charge on any atom is -0.436 e. The number of fused-ring (bicyclic) bond motifs is 1. The van der Waals surface area contributed by atoms with Gasteiger partial charge in [-0.3, -0.25) is 4.57 Å². The quantitative estimate of drug-likeness (QED) is 0.356. The molecule has 0 bridgehead atoms. The number of hydrogen-bond donors (Lipinski definition) is 1. The molecule has 0 aliphatic rings. The topological polar surface area (TPSA) is 103 Å². The summed E-state index contributed by atoms with van der Waals surface area (Å²) in [7, 11) is -3.40. The Bertz CT molecular complexity index is 1580. The summed E-state index contributed by atoms with van der Waals surface area (Å²) < 4.78 is 83.7. The van der Waals surface area contributed by atoms with Gasteiger partial charge in [0.25, 0.3) is 0 Å². The maximum Gasteiger partial charge on any atom is 0.416 e. The number of nitrogens with one attached hydrogen (secondary N) is 1. The van der Waals surface area contributed by atoms with Crippen LogP contribution in [0.3, 0.4) is 0 Å². The van der Waals surface area contributed by atoms with Crippen LogP contribution in [0.2, 0.25) is 0 Å². The largest absolute Gasteiger partial charge is 0.436 e. The van der Waals surface area contributed by atoms with E-state index in [4.69, 9.17) is 4.74 Å². The molecule has 2 heterocycles. The number of hydrogen-bond acceptors (Lipinski definition) is 6. The molecule has 0 fully saturated rings. The van der Waals surface area contributed by atoms with Gasteiger partial charge in [0.05, 0.1) is 11.1 Å². The molecule has 8 nitrogen and oxygen atoms in total. The Hall–Kier alpha value is -4.00. The first kappa shape index (κ1) is 25.1. The number of aryl methyl sites for hydroxylation is 1. The molecule has 13 heteroatoms. The van der Waals surface area contributed by atoms with Crippen molar-refractivity contribution >= 4 is 32.5 Å². The molecular formula is C23H18F4N4O4S. The van der Waals surface area contributed by atoms with Crippen LogP contribution in [0.4, 0.5) is 28.0 Å². The Morgan fingerprint density at radius 3 is 2.58 bits per heavy atom. The predicted molar refractivity (Wildman–Crippen MR) is 123 cm³/mol. The maximum atomic E-state index is 15.3. The Labute approximate surface area is 202 Å². The fourth-order valence-corrected chi connectivity index (χ4v) is 4.12. The number of carbonyl (C=O) groups is 1. The van der Waals surface area contributed by atoms with Crippen LogP contribution >= 0.6 is 0 Å². The lowest BCUT2D eigenvalue weighted by Crippen LogP contribution is -2.20. The second-order valence-electron chi connectivity index (χ2n) is 7.92. The highest BCUT2D eigenvalue weighted by atomic mass is 32.2. The molecule has 0 saturated heterocycles. The lowest BCUT2D eigenvalue weighted by molar-refractivity contribution is -0.137. The van der Waals surface area contributed by atoms with Crippen LogP contribution in [-0.2, 0) is 21.8 Å². The highest BCUT2D eigenvalue weighted by Gasteiger charge is 2.30. The van der Waals surface area contributed by atoms with Crippen molar-refractivity contribution in [3.63, 3.8) is 0 Å². The Kier molecular flexibility index (Phi) is 6.43. The van der Waals surface area contributed by atoms with Gasteiger partial charge in [0, 0.05) is 35.3 Å². The molecule has 1 amide bonds. The van der Waals surface area contributed by atoms with Crippen LogP contribution in [0.25, 0.3) is 10.9 Å². The monoisotopic (exact) mass is 522 g/mol. The average molecular weight is 522 g/mol. The third-order valence-electron chi connectivity index (χ3n) is 5.00. The first-order chi connectivity index (χ1) is 16.8. The molecule has 188 valence electrons. The summed E-state index contributed by atoms with van der Waals surface area (Å²) in [6.07, 6.45) is -2.28. The molecule has 36 heavy (non-hydrogen) atoms. The summed E-state index contributed by atoms with van der Waals surface area (Å²) in [4.78, 5) is 20.7. The first-order valence-corrected chi connectivity index (χ1v) is 12.3. The lowest BCUT2D eigenvalue weighted by atomic mass is 10.2. The molecule has 4 aromatic rings. The molecule has 0 aliphatic carbocycles. The summed E-state index contributed by atoms with van der Waals surface area (Å²) in [6, 6.07) is 8.74. The standard InChI is InChI=1S/C23H18F4N4O4S/c1-13-10-16-17(31(13)22(32)29-15-5-3-4-14(11-15)23(25,26)27)6-7-18(21(16)24)35-20-8-9-28-19(30-20)12-36(2,33)34/h3-11H,12H2,1-2H3,(H,29,32). The highest BCUT2D eigenvalue weighted by molar-refractivity contribution is 7.89. The van der Waals surface area contributed by atoms with Gasteiger partial charge >= 0.3 is 12.2 Å². The van der Waals surface area contributed by atoms with Gasteiger partial charge < -0.3 is 10.1 Å². The molecule has 0 saturated carbocycles. The fourth-order valence-electron chi connectivity index (χ4n) is 3.51. The van der Waals surface area contributed by atoms with Crippen molar-refractivity contribution in [2.24, 2.45) is 0 Å². The third-order valence-corrected chi connectivity index (χ3v) is 5.78. The van der Waals surface area contributed by atoms with Crippen molar-refractivity contribution in [1.82, 2.24) is 14.5 Å². The summed E-state index contributed by atoms with van der Waals surface area (Å²) in [5, 5.41) is 2.42. The van der Waals surface area contributed by atoms with Crippen molar-refractivity contribution < 1.29 is 35.5 Å². The van der Waals surface area contributed by atoms with Crippen LogP contribution in [0.1, 0.15) is 17.1 Å². The van der Waals surface area contributed by atoms with Gasteiger partial charge in [-0.25, -0.2) is 22.6 Å². The number of rotatable bonds is 5. The SMILES string of the molecule is Cc1cc2c(F)c(Oc3ccnc(CS(C)(=O)=O)n3)ccc2n1C(=O)Nc1cccc(C(F)(F)F)c1. The van der Waals surface area contributed by atoms with Crippen LogP contribution in [-0.4, -0.2) is 35.2 Å². The number of nitrogens with zero attached hydrogens (tertiary/aromatic N) is 3. The number of anilines is 1. The number of amides is 1. The molecule has 2 aromatic heterocycles. The smallest absolute Gasteiger partial charge is 0.416 e. The van der Waals surface area contributed by atoms with Crippen LogP contribution in [0.5, 0.6) is 11.6 Å². The predicted octanol–water partition coefficient (Wildman–Crippen LogP) is 5.31. The molecule has 0 aliphatic heterocycles. The fraction of sp³-hybridized carbons (Fsp3) is 0.174. The summed E-state index contributed by atoms with van der Waals surface area (Å²) in [6.45, 7) is 1.54. The molecule has 0 atom stereocenters. The van der Waals surface area contributed by atoms with Gasteiger partial charge in [0.2, 0.25) is 5.88 Å². The average Bonchev–Trinajstić information content (AvgIpc) is 3.11. The second-order valence-corrected chi connectivity index (χ2v) is 10.1. The number of ether oxygens (including phenoxy) is 1. The van der Waals surface area contributed by atoms with E-state index in [-0.39, 0.29) is 34.0 Å². The van der Waals surface area contributed by atoms with E-state index in [0.29, 0.717) is 5.69 Å². The number of carbonyl (C=O) groups excluding carboxylic acids is 1. The number of alkyl halides is 3. The zero-order valence-corrected chi connectivity index (χ0v) is 19.6. The van der Waals surface area contributed by atoms with Crippen molar-refractivity contribution in [2.75, 3.05) is 11.6 Å². The highest BCUT2D eigenvalue weighted by Crippen LogP contribution is 2.33. The molecule has 0 unspecified atom stereocenters. The zero-order valence-electron chi connectivity index (χ0n) is 18.8. The summed E-state index contributed by atoms with van der Waals surface area (Å²) in [5.74, 6) is -1.58. The van der Waals surface area contributed by atoms with E-state index in [1.54, 1.807) is 0 Å². The summed E-state index contributed by atoms with van der Waals surface area (Å²) >= 11 is 0. The first-order valence-electron chi connectivity index (χ1n) is 10.3. The van der Waals surface area contributed by atoms with E-state index in [1.165, 1.54) is 43.5 Å². The van der Waals surface area contributed by atoms with Gasteiger partial charge in [0.15, 0.2) is 21.4 Å². The number of benzene rings is 2. The molecular weight excluding hydrogens is 504 g/mol. The van der Waals surface area contributed by atoms with E-state index in [0.717, 1.165) is 29.0 Å². The van der Waals surface area contributed by atoms with E-state index in [2.05, 4.69) is 15.3 Å². The van der Waals surface area contributed by atoms with Crippen LogP contribution in [0, 0.1) is 12.7 Å². The van der Waals surface area contributed by atoms with Crippen LogP contribution in [0.15, 0.2) is 54.7 Å². The van der Waals surface area contributed by atoms with E-state index >= 15 is 4.39 Å². The normalized spacial score (nSPS) is 12.1. The van der Waals surface area contributed by atoms with Crippen molar-refractivity contribution in [2.45, 2.75) is 18.9 Å². The number of aromatic nitrogens is 3. The molecule has 4 rings (SSSR count). The molecule has 0 spiro atoms. The summed E-state index contributed by atoms with van der Waals surface area (Å²) in [5.41, 5.74) is -0.526. The van der Waals surface area contributed by atoms with E-state index < -0.39 is 39.2 Å². The number of halogens is 4. The number of sulfone groups is 1. The lowest BCUT2D eigenvalue weighted by Gasteiger charge is -2.12. The zero-order chi connectivity index (χ0) is 26.3. The van der Waals surface area contributed by atoms with E-state index in [9.17, 15) is 26.4 Å². The third kappa shape index (κ3) is 5.46. The van der Waals surface area contributed by atoms with Gasteiger partial charge in [0.1, 0.15) is 11.6 Å². The van der Waals surface area contributed by atoms with Crippen molar-refractivity contribution in [1.29, 1.82) is 0 Å².